The minimum Gasteiger partial charge on any atom is -0.253 e. The summed E-state index contributed by atoms with van der Waals surface area (Å²) in [5.41, 5.74) is 0.756. The van der Waals surface area contributed by atoms with Gasteiger partial charge in [-0.3, -0.25) is 9.11 Å². The van der Waals surface area contributed by atoms with E-state index in [0.29, 0.717) is 18.3 Å². The largest absolute Gasteiger partial charge is 0.314 e. The second kappa shape index (κ2) is 4.16. The zero-order chi connectivity index (χ0) is 10.9. The molecule has 0 aromatic rings. The number of halogens is 1. The molecular weight excluding hydrogens is 226 g/mol. The molecule has 1 heterocycles. The van der Waals surface area contributed by atoms with Crippen molar-refractivity contribution in [3.05, 3.63) is 0 Å². The molecule has 1 aliphatic rings. The van der Waals surface area contributed by atoms with Gasteiger partial charge in [-0.05, 0) is 4.99 Å². The van der Waals surface area contributed by atoms with Gasteiger partial charge in [-0.15, -0.1) is 15.6 Å². The second-order valence-electron chi connectivity index (χ2n) is 3.20. The van der Waals surface area contributed by atoms with Gasteiger partial charge in [0.25, 0.3) is 0 Å². The molecule has 14 heavy (non-hydrogen) atoms. The van der Waals surface area contributed by atoms with E-state index in [1.165, 1.54) is 8.29 Å². The molecule has 5 nitrogen and oxygen atoms in total. The maximum Gasteiger partial charge on any atom is 0.314 e. The van der Waals surface area contributed by atoms with Crippen molar-refractivity contribution in [3.63, 3.8) is 0 Å². The number of rotatable bonds is 3. The molecule has 0 saturated carbocycles. The second-order valence-corrected chi connectivity index (χ2v) is 5.62. The lowest BCUT2D eigenvalue weighted by atomic mass is 10.4. The van der Waals surface area contributed by atoms with Crippen molar-refractivity contribution in [2.24, 2.45) is 4.99 Å². The van der Waals surface area contributed by atoms with E-state index in [1.807, 2.05) is 0 Å². The van der Waals surface area contributed by atoms with Gasteiger partial charge in [0.05, 0.1) is 5.88 Å². The van der Waals surface area contributed by atoms with E-state index in [1.54, 1.807) is 21.0 Å². The van der Waals surface area contributed by atoms with Gasteiger partial charge < -0.3 is 0 Å². The van der Waals surface area contributed by atoms with E-state index >= 15 is 0 Å². The van der Waals surface area contributed by atoms with Crippen LogP contribution in [0.2, 0.25) is 0 Å². The third kappa shape index (κ3) is 2.09. The Kier molecular flexibility index (Phi) is 3.54. The molecule has 1 rings (SSSR count). The first kappa shape index (κ1) is 11.9. The zero-order valence-electron chi connectivity index (χ0n) is 8.44. The van der Waals surface area contributed by atoms with Crippen LogP contribution in [-0.2, 0) is 0 Å². The fourth-order valence-electron chi connectivity index (χ4n) is 1.13. The third-order valence-corrected chi connectivity index (χ3v) is 4.22. The zero-order valence-corrected chi connectivity index (χ0v) is 10.0. The molecule has 0 bridgehead atoms. The molecule has 0 aromatic carbocycles. The van der Waals surface area contributed by atoms with Gasteiger partial charge in [-0.1, -0.05) is 0 Å². The van der Waals surface area contributed by atoms with Crippen LogP contribution >= 0.6 is 22.6 Å². The summed E-state index contributed by atoms with van der Waals surface area (Å²) < 4.78 is 22.5. The van der Waals surface area contributed by atoms with Gasteiger partial charge in [0.1, 0.15) is 0 Å². The van der Waals surface area contributed by atoms with Crippen LogP contribution in [0.15, 0.2) is 4.99 Å². The van der Waals surface area contributed by atoms with Crippen LogP contribution in [0.4, 0.5) is 0 Å². The molecule has 0 fully saturated rings. The Labute approximate surface area is 90.3 Å². The quantitative estimate of drug-likeness (QED) is 0.577. The molecule has 1 aliphatic heterocycles. The third-order valence-electron chi connectivity index (χ3n) is 1.95. The maximum atomic E-state index is 9.83. The number of hydrogen-bond donors (Lipinski definition) is 2. The topological polar surface area (TPSA) is 59.1 Å². The summed E-state index contributed by atoms with van der Waals surface area (Å²) in [4.78, 5) is 4.14. The molecule has 0 aliphatic carbocycles. The number of aliphatic imine (C=N–C) groups is 1. The summed E-state index contributed by atoms with van der Waals surface area (Å²) in [6, 6.07) is 0. The molecule has 2 N–H and O–H groups in total. The Bertz CT molecular complexity index is 301. The monoisotopic (exact) mass is 240 g/mol. The highest BCUT2D eigenvalue weighted by Crippen LogP contribution is 2.42. The fraction of sp³-hybridized carbons (Fsp3) is 0.714. The Morgan fingerprint density at radius 2 is 2.14 bits per heavy atom. The van der Waals surface area contributed by atoms with Crippen LogP contribution in [0.25, 0.3) is 0 Å². The van der Waals surface area contributed by atoms with Crippen molar-refractivity contribution in [3.8, 4) is 0 Å². The average molecular weight is 241 g/mol. The standard InChI is InChI=1S/C7H14ClN3O2S/c1-6-9-7(4-8)5-11(6)14(12,13)10(2)3/h4-5H2,1-3H3,(H-,12,13)/p+1. The summed E-state index contributed by atoms with van der Waals surface area (Å²) in [5, 5.41) is 0. The molecule has 0 radical (unpaired) electrons. The van der Waals surface area contributed by atoms with E-state index < -0.39 is 11.0 Å². The van der Waals surface area contributed by atoms with Crippen molar-refractivity contribution in [2.75, 3.05) is 26.5 Å². The summed E-state index contributed by atoms with van der Waals surface area (Å²) >= 11 is 5.63. The number of amidine groups is 1. The van der Waals surface area contributed by atoms with Crippen molar-refractivity contribution in [2.45, 2.75) is 6.92 Å². The van der Waals surface area contributed by atoms with Gasteiger partial charge in [0.2, 0.25) is 0 Å². The van der Waals surface area contributed by atoms with Gasteiger partial charge in [-0.2, -0.15) is 4.31 Å². The normalized spacial score (nSPS) is 19.2. The Morgan fingerprint density at radius 1 is 1.57 bits per heavy atom. The van der Waals surface area contributed by atoms with E-state index in [4.69, 9.17) is 11.6 Å². The summed E-state index contributed by atoms with van der Waals surface area (Å²) in [7, 11) is 0.312. The van der Waals surface area contributed by atoms with Gasteiger partial charge in [0.15, 0.2) is 12.3 Å². The molecule has 7 heteroatoms. The number of hydrogen-bond acceptors (Lipinski definition) is 4. The Hall–Kier alpha value is -0.140. The van der Waals surface area contributed by atoms with E-state index in [0.717, 1.165) is 5.71 Å². The van der Waals surface area contributed by atoms with Crippen molar-refractivity contribution >= 4 is 34.1 Å². The fourth-order valence-corrected chi connectivity index (χ4v) is 2.39. The van der Waals surface area contributed by atoms with Crippen LogP contribution in [0.1, 0.15) is 6.92 Å². The molecule has 0 saturated heterocycles. The lowest BCUT2D eigenvalue weighted by Crippen LogP contribution is -2.32. The summed E-state index contributed by atoms with van der Waals surface area (Å²) in [6.07, 6.45) is 0. The van der Waals surface area contributed by atoms with Crippen molar-refractivity contribution in [1.29, 1.82) is 0 Å². The summed E-state index contributed by atoms with van der Waals surface area (Å²) in [6.45, 7) is 2.12. The minimum atomic E-state index is -2.91. The van der Waals surface area contributed by atoms with Crippen LogP contribution in [0.5, 0.6) is 0 Å². The maximum absolute atomic E-state index is 9.83. The number of alkyl halides is 1. The minimum absolute atomic E-state index is 0.316. The van der Waals surface area contributed by atoms with Crippen LogP contribution < -0.4 is 0 Å². The molecule has 0 amide bonds. The first-order valence-electron chi connectivity index (χ1n) is 4.09. The van der Waals surface area contributed by atoms with E-state index in [2.05, 4.69) is 4.99 Å². The van der Waals surface area contributed by atoms with Crippen molar-refractivity contribution in [1.82, 2.24) is 4.31 Å². The van der Waals surface area contributed by atoms with Crippen molar-refractivity contribution < 1.29 is 13.1 Å². The predicted molar refractivity (Wildman–Crippen MR) is 60.5 cm³/mol. The first-order valence-corrected chi connectivity index (χ1v) is 6.08. The summed E-state index contributed by atoms with van der Waals surface area (Å²) in [5.74, 6) is 0.908. The van der Waals surface area contributed by atoms with Gasteiger partial charge in [-0.25, -0.2) is 0 Å². The highest BCUT2D eigenvalue weighted by Gasteiger charge is 2.34. The molecule has 0 unspecified atom stereocenters. The van der Waals surface area contributed by atoms with Crippen LogP contribution in [0, 0.1) is 0 Å². The molecule has 0 aromatic heterocycles. The average Bonchev–Trinajstić information content (AvgIpc) is 2.47. The first-order chi connectivity index (χ1) is 6.39. The lowest BCUT2D eigenvalue weighted by Gasteiger charge is -2.35. The lowest BCUT2D eigenvalue weighted by molar-refractivity contribution is -0.362. The van der Waals surface area contributed by atoms with E-state index in [9.17, 15) is 9.11 Å². The highest BCUT2D eigenvalue weighted by molar-refractivity contribution is 8.16. The van der Waals surface area contributed by atoms with Crippen LogP contribution in [-0.4, -0.2) is 55.5 Å². The van der Waals surface area contributed by atoms with Crippen LogP contribution in [0.3, 0.4) is 0 Å². The van der Waals surface area contributed by atoms with Gasteiger partial charge in [0, 0.05) is 32.0 Å². The molecular formula is C7H15ClN3O2S+. The Morgan fingerprint density at radius 3 is 2.50 bits per heavy atom. The van der Waals surface area contributed by atoms with Gasteiger partial charge >= 0.3 is 5.84 Å². The predicted octanol–water partition coefficient (Wildman–Crippen LogP) is 1.25. The highest BCUT2D eigenvalue weighted by atomic mass is 35.5. The SMILES string of the molecule is CC1=[N+](S(O)(O)N(C)C)CC(CCl)=N1. The smallest absolute Gasteiger partial charge is 0.253 e. The molecule has 0 spiro atoms. The molecule has 0 atom stereocenters. The Balaban J connectivity index is 2.89. The molecule has 82 valence electrons. The van der Waals surface area contributed by atoms with E-state index in [-0.39, 0.29) is 0 Å². The number of nitrogens with zero attached hydrogens (tertiary/aromatic N) is 3.